The number of carbonyl (C=O) groups excluding carboxylic acids is 1. The minimum atomic E-state index is -0.590. The number of benzene rings is 2. The summed E-state index contributed by atoms with van der Waals surface area (Å²) in [5.41, 5.74) is 1.18. The van der Waals surface area contributed by atoms with Crippen LogP contribution in [-0.4, -0.2) is 37.7 Å². The van der Waals surface area contributed by atoms with E-state index in [1.807, 2.05) is 31.2 Å². The van der Waals surface area contributed by atoms with Crippen LogP contribution in [0.4, 0.5) is 0 Å². The standard InChI is InChI=1S/C23H22ClNO5/c1-3-10-29-16-6-4-5-14(12-16)20-19-21(26)17-13-15(24)7-8-18(17)30-22(19)23(27)25(20)9-11-28-2/h4-8,12-13,20H,3,9-11H2,1-2H3. The number of methoxy groups -OCH3 is 1. The second kappa shape index (κ2) is 8.50. The van der Waals surface area contributed by atoms with Crippen molar-refractivity contribution in [2.45, 2.75) is 19.4 Å². The zero-order chi connectivity index (χ0) is 21.3. The lowest BCUT2D eigenvalue weighted by molar-refractivity contribution is 0.0663. The zero-order valence-corrected chi connectivity index (χ0v) is 17.6. The fourth-order valence-corrected chi connectivity index (χ4v) is 3.93. The number of hydrogen-bond acceptors (Lipinski definition) is 5. The molecule has 1 atom stereocenters. The summed E-state index contributed by atoms with van der Waals surface area (Å²) in [4.78, 5) is 28.2. The van der Waals surface area contributed by atoms with E-state index in [1.165, 1.54) is 0 Å². The molecular weight excluding hydrogens is 406 g/mol. The Morgan fingerprint density at radius 3 is 2.73 bits per heavy atom. The van der Waals surface area contributed by atoms with Crippen molar-refractivity contribution in [2.24, 2.45) is 0 Å². The number of rotatable bonds is 7. The lowest BCUT2D eigenvalue weighted by atomic mass is 9.98. The molecule has 0 saturated heterocycles. The molecule has 0 fully saturated rings. The molecule has 1 aliphatic heterocycles. The lowest BCUT2D eigenvalue weighted by Gasteiger charge is -2.25. The molecule has 0 radical (unpaired) electrons. The number of ether oxygens (including phenoxy) is 2. The normalized spacial score (nSPS) is 15.6. The van der Waals surface area contributed by atoms with E-state index < -0.39 is 6.04 Å². The van der Waals surface area contributed by atoms with Crippen LogP contribution < -0.4 is 10.2 Å². The summed E-state index contributed by atoms with van der Waals surface area (Å²) in [5.74, 6) is 0.423. The average molecular weight is 428 g/mol. The minimum Gasteiger partial charge on any atom is -0.494 e. The first kappa shape index (κ1) is 20.4. The smallest absolute Gasteiger partial charge is 0.290 e. The first-order valence-electron chi connectivity index (χ1n) is 9.84. The van der Waals surface area contributed by atoms with Gasteiger partial charge in [0.1, 0.15) is 11.3 Å². The molecule has 2 aromatic carbocycles. The van der Waals surface area contributed by atoms with Crippen molar-refractivity contribution in [1.82, 2.24) is 4.90 Å². The Morgan fingerprint density at radius 2 is 1.97 bits per heavy atom. The molecule has 6 nitrogen and oxygen atoms in total. The van der Waals surface area contributed by atoms with Crippen LogP contribution in [0.25, 0.3) is 11.0 Å². The molecule has 7 heteroatoms. The highest BCUT2D eigenvalue weighted by atomic mass is 35.5. The third-order valence-electron chi connectivity index (χ3n) is 5.11. The minimum absolute atomic E-state index is 0.0656. The SMILES string of the molecule is CCCOc1cccc(C2c3c(oc4ccc(Cl)cc4c3=O)C(=O)N2CCOC)c1. The maximum absolute atomic E-state index is 13.4. The number of amides is 1. The summed E-state index contributed by atoms with van der Waals surface area (Å²) < 4.78 is 16.8. The molecule has 0 saturated carbocycles. The summed E-state index contributed by atoms with van der Waals surface area (Å²) >= 11 is 6.10. The maximum atomic E-state index is 13.4. The van der Waals surface area contributed by atoms with Crippen LogP contribution in [0.2, 0.25) is 5.02 Å². The molecule has 0 bridgehead atoms. The molecule has 30 heavy (non-hydrogen) atoms. The van der Waals surface area contributed by atoms with Gasteiger partial charge in [-0.15, -0.1) is 0 Å². The third-order valence-corrected chi connectivity index (χ3v) is 5.35. The fourth-order valence-electron chi connectivity index (χ4n) is 3.75. The summed E-state index contributed by atoms with van der Waals surface area (Å²) in [6, 6.07) is 11.7. The van der Waals surface area contributed by atoms with Gasteiger partial charge in [0.15, 0.2) is 5.43 Å². The summed E-state index contributed by atoms with van der Waals surface area (Å²) in [6.07, 6.45) is 0.880. The highest BCUT2D eigenvalue weighted by molar-refractivity contribution is 6.31. The fraction of sp³-hybridized carbons (Fsp3) is 0.304. The van der Waals surface area contributed by atoms with Crippen LogP contribution in [-0.2, 0) is 4.74 Å². The summed E-state index contributed by atoms with van der Waals surface area (Å²) in [6.45, 7) is 3.27. The van der Waals surface area contributed by atoms with Gasteiger partial charge in [0.05, 0.1) is 30.2 Å². The van der Waals surface area contributed by atoms with E-state index in [-0.39, 0.29) is 17.1 Å². The Morgan fingerprint density at radius 1 is 1.13 bits per heavy atom. The van der Waals surface area contributed by atoms with Gasteiger partial charge in [-0.3, -0.25) is 9.59 Å². The van der Waals surface area contributed by atoms with E-state index in [2.05, 4.69) is 0 Å². The first-order valence-corrected chi connectivity index (χ1v) is 10.2. The van der Waals surface area contributed by atoms with Gasteiger partial charge in [-0.25, -0.2) is 0 Å². The van der Waals surface area contributed by atoms with Crippen molar-refractivity contribution in [3.05, 3.63) is 74.6 Å². The number of carbonyl (C=O) groups is 1. The topological polar surface area (TPSA) is 69.0 Å². The molecule has 2 heterocycles. The van der Waals surface area contributed by atoms with Gasteiger partial charge in [0.25, 0.3) is 5.91 Å². The molecule has 3 aromatic rings. The van der Waals surface area contributed by atoms with Crippen molar-refractivity contribution in [2.75, 3.05) is 26.9 Å². The number of halogens is 1. The van der Waals surface area contributed by atoms with E-state index in [9.17, 15) is 9.59 Å². The first-order chi connectivity index (χ1) is 14.5. The quantitative estimate of drug-likeness (QED) is 0.558. The van der Waals surface area contributed by atoms with Gasteiger partial charge in [-0.1, -0.05) is 30.7 Å². The molecule has 0 N–H and O–H groups in total. The predicted octanol–water partition coefficient (Wildman–Crippen LogP) is 4.43. The second-order valence-electron chi connectivity index (χ2n) is 7.13. The van der Waals surface area contributed by atoms with Gasteiger partial charge >= 0.3 is 0 Å². The lowest BCUT2D eigenvalue weighted by Crippen LogP contribution is -2.32. The van der Waals surface area contributed by atoms with Crippen LogP contribution in [0, 0.1) is 0 Å². The van der Waals surface area contributed by atoms with Gasteiger partial charge in [0, 0.05) is 18.7 Å². The Kier molecular flexibility index (Phi) is 5.79. The largest absolute Gasteiger partial charge is 0.494 e. The Labute approximate surface area is 179 Å². The number of nitrogens with zero attached hydrogens (tertiary/aromatic N) is 1. The molecule has 1 unspecified atom stereocenters. The van der Waals surface area contributed by atoms with E-state index in [0.717, 1.165) is 12.0 Å². The van der Waals surface area contributed by atoms with Gasteiger partial charge in [-0.05, 0) is 42.3 Å². The van der Waals surface area contributed by atoms with E-state index in [1.54, 1.807) is 30.2 Å². The van der Waals surface area contributed by atoms with Crippen molar-refractivity contribution in [3.8, 4) is 5.75 Å². The second-order valence-corrected chi connectivity index (χ2v) is 7.57. The van der Waals surface area contributed by atoms with Gasteiger partial charge in [0.2, 0.25) is 5.76 Å². The van der Waals surface area contributed by atoms with Crippen molar-refractivity contribution >= 4 is 28.5 Å². The molecule has 1 aromatic heterocycles. The Balaban J connectivity index is 1.90. The molecule has 0 spiro atoms. The molecule has 4 rings (SSSR count). The van der Waals surface area contributed by atoms with Crippen LogP contribution in [0.15, 0.2) is 51.7 Å². The van der Waals surface area contributed by atoms with Crippen molar-refractivity contribution < 1.29 is 18.7 Å². The van der Waals surface area contributed by atoms with Crippen LogP contribution in [0.1, 0.15) is 41.1 Å². The molecular formula is C23H22ClNO5. The molecule has 1 aliphatic rings. The molecule has 1 amide bonds. The highest BCUT2D eigenvalue weighted by Gasteiger charge is 2.42. The number of hydrogen-bond donors (Lipinski definition) is 0. The Hall–Kier alpha value is -2.83. The van der Waals surface area contributed by atoms with Crippen LogP contribution in [0.3, 0.4) is 0 Å². The van der Waals surface area contributed by atoms with Crippen LogP contribution in [0.5, 0.6) is 5.75 Å². The predicted molar refractivity (Wildman–Crippen MR) is 114 cm³/mol. The summed E-state index contributed by atoms with van der Waals surface area (Å²) in [5, 5.41) is 0.785. The maximum Gasteiger partial charge on any atom is 0.290 e. The van der Waals surface area contributed by atoms with Crippen LogP contribution >= 0.6 is 11.6 Å². The number of fused-ring (bicyclic) bond motifs is 2. The molecule has 0 aliphatic carbocycles. The zero-order valence-electron chi connectivity index (χ0n) is 16.8. The Bertz CT molecular complexity index is 1160. The highest BCUT2D eigenvalue weighted by Crippen LogP contribution is 2.39. The van der Waals surface area contributed by atoms with Gasteiger partial charge < -0.3 is 18.8 Å². The average Bonchev–Trinajstić information content (AvgIpc) is 3.03. The molecule has 156 valence electrons. The monoisotopic (exact) mass is 427 g/mol. The van der Waals surface area contributed by atoms with E-state index in [4.69, 9.17) is 25.5 Å². The van der Waals surface area contributed by atoms with E-state index in [0.29, 0.717) is 47.1 Å². The van der Waals surface area contributed by atoms with Crippen molar-refractivity contribution in [1.29, 1.82) is 0 Å². The van der Waals surface area contributed by atoms with Gasteiger partial charge in [-0.2, -0.15) is 0 Å². The third kappa shape index (κ3) is 3.57. The van der Waals surface area contributed by atoms with E-state index >= 15 is 0 Å². The summed E-state index contributed by atoms with van der Waals surface area (Å²) in [7, 11) is 1.57. The van der Waals surface area contributed by atoms with Crippen molar-refractivity contribution in [3.63, 3.8) is 0 Å².